The number of carbonyl (C=O) groups excluding carboxylic acids is 1. The molecule has 0 unspecified atom stereocenters. The molecule has 2 heterocycles. The lowest BCUT2D eigenvalue weighted by atomic mass is 9.99. The van der Waals surface area contributed by atoms with Gasteiger partial charge in [0, 0.05) is 6.54 Å². The number of benzene rings is 1. The number of nitrogens with zero attached hydrogens (tertiary/aromatic N) is 1. The number of thiazole rings is 1. The van der Waals surface area contributed by atoms with Gasteiger partial charge in [-0.15, -0.1) is 0 Å². The molecule has 2 aromatic rings. The minimum atomic E-state index is 0.0748. The quantitative estimate of drug-likeness (QED) is 0.871. The van der Waals surface area contributed by atoms with Crippen LogP contribution in [0, 0.1) is 5.92 Å². The Morgan fingerprint density at radius 2 is 2.33 bits per heavy atom. The summed E-state index contributed by atoms with van der Waals surface area (Å²) < 4.78 is 1.11. The second kappa shape index (κ2) is 5.04. The Balaban J connectivity index is 1.73. The second-order valence-corrected chi connectivity index (χ2v) is 5.55. The average Bonchev–Trinajstić information content (AvgIpc) is 2.82. The molecule has 5 heteroatoms. The lowest BCUT2D eigenvalue weighted by molar-refractivity contribution is -0.120. The highest BCUT2D eigenvalue weighted by Gasteiger charge is 2.21. The summed E-state index contributed by atoms with van der Waals surface area (Å²) in [6.07, 6.45) is 2.03. The molecule has 0 aliphatic carbocycles. The lowest BCUT2D eigenvalue weighted by Crippen LogP contribution is -2.37. The van der Waals surface area contributed by atoms with Crippen molar-refractivity contribution in [3.63, 3.8) is 0 Å². The molecule has 1 aliphatic heterocycles. The Morgan fingerprint density at radius 1 is 1.44 bits per heavy atom. The van der Waals surface area contributed by atoms with Crippen LogP contribution in [-0.2, 0) is 4.79 Å². The predicted molar refractivity (Wildman–Crippen MR) is 73.8 cm³/mol. The van der Waals surface area contributed by atoms with Gasteiger partial charge < -0.3 is 10.6 Å². The molecule has 1 atom stereocenters. The van der Waals surface area contributed by atoms with Crippen LogP contribution in [-0.4, -0.2) is 24.0 Å². The van der Waals surface area contributed by atoms with Crippen molar-refractivity contribution in [3.05, 3.63) is 24.3 Å². The smallest absolute Gasteiger partial charge is 0.230 e. The first kappa shape index (κ1) is 11.6. The van der Waals surface area contributed by atoms with E-state index < -0.39 is 0 Å². The minimum absolute atomic E-state index is 0.0748. The average molecular weight is 261 g/mol. The predicted octanol–water partition coefficient (Wildman–Crippen LogP) is 2.23. The zero-order valence-corrected chi connectivity index (χ0v) is 10.8. The van der Waals surface area contributed by atoms with Crippen molar-refractivity contribution < 1.29 is 4.79 Å². The van der Waals surface area contributed by atoms with Crippen molar-refractivity contribution in [2.45, 2.75) is 12.8 Å². The fourth-order valence-corrected chi connectivity index (χ4v) is 3.08. The normalized spacial score (nSPS) is 19.9. The number of hydrogen-bond acceptors (Lipinski definition) is 4. The summed E-state index contributed by atoms with van der Waals surface area (Å²) >= 11 is 1.53. The van der Waals surface area contributed by atoms with E-state index >= 15 is 0 Å². The highest BCUT2D eigenvalue weighted by molar-refractivity contribution is 7.22. The number of carbonyl (C=O) groups is 1. The lowest BCUT2D eigenvalue weighted by Gasteiger charge is -2.21. The van der Waals surface area contributed by atoms with Gasteiger partial charge in [0.2, 0.25) is 5.91 Å². The zero-order valence-electron chi connectivity index (χ0n) is 9.98. The van der Waals surface area contributed by atoms with Crippen molar-refractivity contribution in [3.8, 4) is 0 Å². The van der Waals surface area contributed by atoms with Crippen LogP contribution >= 0.6 is 11.3 Å². The molecule has 1 aromatic heterocycles. The maximum absolute atomic E-state index is 12.1. The molecule has 1 aromatic carbocycles. The summed E-state index contributed by atoms with van der Waals surface area (Å²) in [5, 5.41) is 6.88. The third kappa shape index (κ3) is 2.37. The van der Waals surface area contributed by atoms with E-state index in [9.17, 15) is 4.79 Å². The molecule has 3 rings (SSSR count). The van der Waals surface area contributed by atoms with Crippen LogP contribution in [0.2, 0.25) is 0 Å². The highest BCUT2D eigenvalue weighted by Crippen LogP contribution is 2.26. The van der Waals surface area contributed by atoms with Crippen molar-refractivity contribution in [2.75, 3.05) is 18.4 Å². The largest absolute Gasteiger partial charge is 0.316 e. The number of rotatable bonds is 2. The number of nitrogens with one attached hydrogen (secondary N) is 2. The Morgan fingerprint density at radius 3 is 3.11 bits per heavy atom. The van der Waals surface area contributed by atoms with Crippen molar-refractivity contribution in [1.82, 2.24) is 10.3 Å². The minimum Gasteiger partial charge on any atom is -0.316 e. The number of aromatic nitrogens is 1. The van der Waals surface area contributed by atoms with E-state index in [0.29, 0.717) is 5.13 Å². The van der Waals surface area contributed by atoms with Crippen molar-refractivity contribution in [2.24, 2.45) is 5.92 Å². The fourth-order valence-electron chi connectivity index (χ4n) is 2.21. The molecular formula is C13H15N3OS. The zero-order chi connectivity index (χ0) is 12.4. The van der Waals surface area contributed by atoms with E-state index in [4.69, 9.17) is 0 Å². The maximum Gasteiger partial charge on any atom is 0.230 e. The summed E-state index contributed by atoms with van der Waals surface area (Å²) in [4.78, 5) is 16.5. The first-order chi connectivity index (χ1) is 8.83. The monoisotopic (exact) mass is 261 g/mol. The summed E-state index contributed by atoms with van der Waals surface area (Å²) in [5.74, 6) is 0.159. The Labute approximate surface area is 109 Å². The molecule has 0 bridgehead atoms. The van der Waals surface area contributed by atoms with E-state index in [0.717, 1.165) is 36.1 Å². The van der Waals surface area contributed by atoms with Gasteiger partial charge in [-0.2, -0.15) is 0 Å². The van der Waals surface area contributed by atoms with E-state index in [2.05, 4.69) is 15.6 Å². The highest BCUT2D eigenvalue weighted by atomic mass is 32.1. The number of amides is 1. The van der Waals surface area contributed by atoms with E-state index in [-0.39, 0.29) is 11.8 Å². The van der Waals surface area contributed by atoms with Crippen LogP contribution in [0.3, 0.4) is 0 Å². The van der Waals surface area contributed by atoms with Gasteiger partial charge in [-0.1, -0.05) is 23.5 Å². The molecule has 0 spiro atoms. The number of anilines is 1. The van der Waals surface area contributed by atoms with E-state index in [1.54, 1.807) is 0 Å². The van der Waals surface area contributed by atoms with Gasteiger partial charge in [-0.25, -0.2) is 4.98 Å². The second-order valence-electron chi connectivity index (χ2n) is 4.52. The van der Waals surface area contributed by atoms with Gasteiger partial charge in [-0.05, 0) is 31.5 Å². The van der Waals surface area contributed by atoms with Gasteiger partial charge in [0.25, 0.3) is 0 Å². The first-order valence-corrected chi connectivity index (χ1v) is 7.02. The maximum atomic E-state index is 12.1. The first-order valence-electron chi connectivity index (χ1n) is 6.20. The van der Waals surface area contributed by atoms with Crippen LogP contribution in [0.15, 0.2) is 24.3 Å². The molecule has 2 N–H and O–H groups in total. The van der Waals surface area contributed by atoms with Gasteiger partial charge >= 0.3 is 0 Å². The summed E-state index contributed by atoms with van der Waals surface area (Å²) in [5.41, 5.74) is 0.944. The summed E-state index contributed by atoms with van der Waals surface area (Å²) in [6, 6.07) is 7.92. The molecule has 1 fully saturated rings. The standard InChI is InChI=1S/C13H15N3OS/c17-12(9-4-3-7-14-8-9)16-13-15-10-5-1-2-6-11(10)18-13/h1-2,5-6,9,14H,3-4,7-8H2,(H,15,16,17)/t9-/m1/s1. The topological polar surface area (TPSA) is 54.0 Å². The number of hydrogen-bond donors (Lipinski definition) is 2. The molecular weight excluding hydrogens is 246 g/mol. The molecule has 1 saturated heterocycles. The van der Waals surface area contributed by atoms with Gasteiger partial charge in [0.1, 0.15) is 0 Å². The SMILES string of the molecule is O=C(Nc1nc2ccccc2s1)[C@@H]1CCCNC1. The van der Waals surface area contributed by atoms with Crippen LogP contribution in [0.4, 0.5) is 5.13 Å². The molecule has 1 aliphatic rings. The Kier molecular flexibility index (Phi) is 3.25. The summed E-state index contributed by atoms with van der Waals surface area (Å²) in [7, 11) is 0. The number of fused-ring (bicyclic) bond motifs is 1. The van der Waals surface area contributed by atoms with Gasteiger partial charge in [-0.3, -0.25) is 4.79 Å². The van der Waals surface area contributed by atoms with Crippen LogP contribution in [0.25, 0.3) is 10.2 Å². The summed E-state index contributed by atoms with van der Waals surface area (Å²) in [6.45, 7) is 1.79. The fraction of sp³-hybridized carbons (Fsp3) is 0.385. The molecule has 4 nitrogen and oxygen atoms in total. The van der Waals surface area contributed by atoms with Crippen LogP contribution in [0.1, 0.15) is 12.8 Å². The Bertz CT molecular complexity index is 527. The number of piperidine rings is 1. The molecule has 18 heavy (non-hydrogen) atoms. The third-order valence-corrected chi connectivity index (χ3v) is 4.14. The molecule has 0 saturated carbocycles. The number of para-hydroxylation sites is 1. The van der Waals surface area contributed by atoms with Gasteiger partial charge in [0.15, 0.2) is 5.13 Å². The van der Waals surface area contributed by atoms with Crippen LogP contribution in [0.5, 0.6) is 0 Å². The van der Waals surface area contributed by atoms with E-state index in [1.807, 2.05) is 24.3 Å². The molecule has 0 radical (unpaired) electrons. The van der Waals surface area contributed by atoms with E-state index in [1.165, 1.54) is 11.3 Å². The van der Waals surface area contributed by atoms with Crippen molar-refractivity contribution >= 4 is 32.6 Å². The Hall–Kier alpha value is -1.46. The molecule has 94 valence electrons. The van der Waals surface area contributed by atoms with Gasteiger partial charge in [0.05, 0.1) is 16.1 Å². The molecule has 1 amide bonds. The third-order valence-electron chi connectivity index (χ3n) is 3.19. The van der Waals surface area contributed by atoms with Crippen LogP contribution < -0.4 is 10.6 Å². The van der Waals surface area contributed by atoms with Crippen molar-refractivity contribution in [1.29, 1.82) is 0 Å².